The Labute approximate surface area is 112 Å². The molecule has 1 heterocycles. The highest BCUT2D eigenvalue weighted by Gasteiger charge is 2.29. The number of hydrogen-bond donors (Lipinski definition) is 1. The van der Waals surface area contributed by atoms with Crippen molar-refractivity contribution in [2.24, 2.45) is 0 Å². The molecule has 1 aromatic rings. The van der Waals surface area contributed by atoms with E-state index in [2.05, 4.69) is 22.0 Å². The van der Waals surface area contributed by atoms with Crippen LogP contribution in [0.15, 0.2) is 17.2 Å². The minimum Gasteiger partial charge on any atom is -0.353 e. The fourth-order valence-electron chi connectivity index (χ4n) is 1.72. The second kappa shape index (κ2) is 6.47. The minimum atomic E-state index is 0.0264. The fraction of sp³-hybridized carbons (Fsp3) is 0.615. The lowest BCUT2D eigenvalue weighted by Crippen LogP contribution is -2.28. The third-order valence-electron chi connectivity index (χ3n) is 2.99. The van der Waals surface area contributed by atoms with Gasteiger partial charge in [-0.3, -0.25) is 9.69 Å². The summed E-state index contributed by atoms with van der Waals surface area (Å²) in [5, 5.41) is 6.70. The summed E-state index contributed by atoms with van der Waals surface area (Å²) in [5.74, 6) is 1.96. The average molecular weight is 264 g/mol. The van der Waals surface area contributed by atoms with Crippen molar-refractivity contribution in [2.75, 3.05) is 20.1 Å². The monoisotopic (exact) mass is 264 g/mol. The van der Waals surface area contributed by atoms with Crippen molar-refractivity contribution >= 4 is 5.91 Å². The maximum absolute atomic E-state index is 11.4. The first-order chi connectivity index (χ1) is 9.19. The molecular formula is C13H20N4O2. The van der Waals surface area contributed by atoms with Gasteiger partial charge in [0.1, 0.15) is 0 Å². The van der Waals surface area contributed by atoms with Crippen molar-refractivity contribution in [3.8, 4) is 0 Å². The summed E-state index contributed by atoms with van der Waals surface area (Å²) in [5.41, 5.74) is 0. The second-order valence-electron chi connectivity index (χ2n) is 4.90. The predicted octanol–water partition coefficient (Wildman–Crippen LogP) is 1.07. The Morgan fingerprint density at radius 3 is 3.11 bits per heavy atom. The van der Waals surface area contributed by atoms with Gasteiger partial charge in [0.05, 0.1) is 6.54 Å². The maximum Gasteiger partial charge on any atom is 0.229 e. The van der Waals surface area contributed by atoms with Crippen LogP contribution in [0.1, 0.15) is 36.9 Å². The van der Waals surface area contributed by atoms with Crippen molar-refractivity contribution in [2.45, 2.75) is 31.7 Å². The van der Waals surface area contributed by atoms with Crippen LogP contribution in [0.4, 0.5) is 0 Å². The molecule has 0 aromatic carbocycles. The number of rotatable bonds is 8. The third kappa shape index (κ3) is 4.48. The van der Waals surface area contributed by atoms with Gasteiger partial charge in [-0.25, -0.2) is 0 Å². The van der Waals surface area contributed by atoms with E-state index in [1.165, 1.54) is 0 Å². The van der Waals surface area contributed by atoms with Gasteiger partial charge in [0.15, 0.2) is 5.82 Å². The van der Waals surface area contributed by atoms with Crippen LogP contribution in [0, 0.1) is 0 Å². The second-order valence-corrected chi connectivity index (χ2v) is 4.90. The van der Waals surface area contributed by atoms with Gasteiger partial charge >= 0.3 is 0 Å². The van der Waals surface area contributed by atoms with Gasteiger partial charge < -0.3 is 9.84 Å². The number of carbonyl (C=O) groups is 1. The molecule has 2 rings (SSSR count). The molecule has 0 unspecified atom stereocenters. The summed E-state index contributed by atoms with van der Waals surface area (Å²) in [6, 6.07) is 0. The highest BCUT2D eigenvalue weighted by atomic mass is 16.5. The minimum absolute atomic E-state index is 0.0264. The molecule has 0 radical (unpaired) electrons. The van der Waals surface area contributed by atoms with E-state index in [-0.39, 0.29) is 5.91 Å². The molecule has 1 fully saturated rings. The Kier molecular flexibility index (Phi) is 4.68. The molecule has 0 spiro atoms. The van der Waals surface area contributed by atoms with Crippen LogP contribution in [-0.4, -0.2) is 41.1 Å². The quantitative estimate of drug-likeness (QED) is 0.711. The van der Waals surface area contributed by atoms with E-state index in [9.17, 15) is 4.79 Å². The zero-order valence-electron chi connectivity index (χ0n) is 11.3. The summed E-state index contributed by atoms with van der Waals surface area (Å²) < 4.78 is 5.19. The number of hydrogen-bond acceptors (Lipinski definition) is 5. The lowest BCUT2D eigenvalue weighted by molar-refractivity contribution is -0.121. The Balaban J connectivity index is 1.69. The SMILES string of the molecule is C=CCNC(=O)CCN(C)Cc1noc(C2CC2)n1. The van der Waals surface area contributed by atoms with E-state index in [1.54, 1.807) is 6.08 Å². The molecule has 1 N–H and O–H groups in total. The fourth-order valence-corrected chi connectivity index (χ4v) is 1.72. The van der Waals surface area contributed by atoms with Crippen molar-refractivity contribution in [1.82, 2.24) is 20.4 Å². The Morgan fingerprint density at radius 2 is 2.42 bits per heavy atom. The molecule has 1 saturated carbocycles. The Bertz CT molecular complexity index is 440. The summed E-state index contributed by atoms with van der Waals surface area (Å²) in [4.78, 5) is 17.8. The molecule has 1 amide bonds. The lowest BCUT2D eigenvalue weighted by atomic mass is 10.3. The summed E-state index contributed by atoms with van der Waals surface area (Å²) >= 11 is 0. The molecule has 6 heteroatoms. The van der Waals surface area contributed by atoms with Crippen LogP contribution in [0.25, 0.3) is 0 Å². The van der Waals surface area contributed by atoms with Crippen molar-refractivity contribution in [3.05, 3.63) is 24.4 Å². The molecule has 104 valence electrons. The largest absolute Gasteiger partial charge is 0.353 e. The maximum atomic E-state index is 11.4. The number of carbonyl (C=O) groups excluding carboxylic acids is 1. The molecule has 6 nitrogen and oxygen atoms in total. The number of amides is 1. The molecule has 1 aliphatic carbocycles. The summed E-state index contributed by atoms with van der Waals surface area (Å²) in [6.07, 6.45) is 4.43. The molecular weight excluding hydrogens is 244 g/mol. The molecule has 1 aliphatic rings. The first kappa shape index (κ1) is 13.7. The first-order valence-electron chi connectivity index (χ1n) is 6.57. The van der Waals surface area contributed by atoms with Crippen molar-refractivity contribution in [3.63, 3.8) is 0 Å². The van der Waals surface area contributed by atoms with Crippen LogP contribution < -0.4 is 5.32 Å². The average Bonchev–Trinajstić information content (AvgIpc) is 3.15. The highest BCUT2D eigenvalue weighted by Crippen LogP contribution is 2.38. The normalized spacial score (nSPS) is 14.6. The highest BCUT2D eigenvalue weighted by molar-refractivity contribution is 5.76. The van der Waals surface area contributed by atoms with Gasteiger partial charge in [-0.05, 0) is 19.9 Å². The van der Waals surface area contributed by atoms with E-state index in [4.69, 9.17) is 4.52 Å². The van der Waals surface area contributed by atoms with Crippen molar-refractivity contribution < 1.29 is 9.32 Å². The van der Waals surface area contributed by atoms with Crippen molar-refractivity contribution in [1.29, 1.82) is 0 Å². The Morgan fingerprint density at radius 1 is 1.63 bits per heavy atom. The van der Waals surface area contributed by atoms with Crippen LogP contribution in [0.5, 0.6) is 0 Å². The van der Waals surface area contributed by atoms with E-state index < -0.39 is 0 Å². The van der Waals surface area contributed by atoms with Gasteiger partial charge in [0, 0.05) is 25.4 Å². The van der Waals surface area contributed by atoms with E-state index >= 15 is 0 Å². The number of aromatic nitrogens is 2. The lowest BCUT2D eigenvalue weighted by Gasteiger charge is -2.13. The first-order valence-corrected chi connectivity index (χ1v) is 6.57. The molecule has 0 saturated heterocycles. The Hall–Kier alpha value is -1.69. The van der Waals surface area contributed by atoms with E-state index in [0.29, 0.717) is 37.8 Å². The standard InChI is InChI=1S/C13H20N4O2/c1-3-7-14-12(18)6-8-17(2)9-11-15-13(19-16-11)10-4-5-10/h3,10H,1,4-9H2,2H3,(H,14,18). The van der Waals surface area contributed by atoms with Crippen LogP contribution in [0.3, 0.4) is 0 Å². The molecule has 19 heavy (non-hydrogen) atoms. The number of nitrogens with zero attached hydrogens (tertiary/aromatic N) is 3. The number of nitrogens with one attached hydrogen (secondary N) is 1. The molecule has 0 atom stereocenters. The molecule has 0 aliphatic heterocycles. The zero-order valence-corrected chi connectivity index (χ0v) is 11.3. The summed E-state index contributed by atoms with van der Waals surface area (Å²) in [6.45, 7) is 5.33. The smallest absolute Gasteiger partial charge is 0.229 e. The predicted molar refractivity (Wildman–Crippen MR) is 70.4 cm³/mol. The zero-order chi connectivity index (χ0) is 13.7. The topological polar surface area (TPSA) is 71.3 Å². The van der Waals surface area contributed by atoms with Gasteiger partial charge in [-0.15, -0.1) is 6.58 Å². The van der Waals surface area contributed by atoms with E-state index in [0.717, 1.165) is 18.7 Å². The van der Waals surface area contributed by atoms with Crippen LogP contribution >= 0.6 is 0 Å². The van der Waals surface area contributed by atoms with Gasteiger partial charge in [-0.1, -0.05) is 11.2 Å². The van der Waals surface area contributed by atoms with Gasteiger partial charge in [0.25, 0.3) is 0 Å². The molecule has 0 bridgehead atoms. The van der Waals surface area contributed by atoms with Crippen LogP contribution in [0.2, 0.25) is 0 Å². The van der Waals surface area contributed by atoms with Gasteiger partial charge in [-0.2, -0.15) is 4.98 Å². The summed E-state index contributed by atoms with van der Waals surface area (Å²) in [7, 11) is 1.94. The van der Waals surface area contributed by atoms with Crippen LogP contribution in [-0.2, 0) is 11.3 Å². The molecule has 1 aromatic heterocycles. The van der Waals surface area contributed by atoms with Gasteiger partial charge in [0.2, 0.25) is 11.8 Å². The third-order valence-corrected chi connectivity index (χ3v) is 2.99. The van der Waals surface area contributed by atoms with E-state index in [1.807, 2.05) is 11.9 Å².